The molecular formula is C14H21ClN2O2. The molecule has 0 saturated carbocycles. The Kier molecular flexibility index (Phi) is 7.48. The average Bonchev–Trinajstić information content (AvgIpc) is 2.41. The summed E-state index contributed by atoms with van der Waals surface area (Å²) in [5, 5.41) is 2.96. The Morgan fingerprint density at radius 2 is 1.89 bits per heavy atom. The highest BCUT2D eigenvalue weighted by atomic mass is 35.5. The van der Waals surface area contributed by atoms with Crippen LogP contribution in [0.25, 0.3) is 0 Å². The van der Waals surface area contributed by atoms with Crippen LogP contribution >= 0.6 is 12.4 Å². The number of amides is 1. The van der Waals surface area contributed by atoms with Gasteiger partial charge in [-0.15, -0.1) is 12.4 Å². The predicted molar refractivity (Wildman–Crippen MR) is 77.7 cm³/mol. The third-order valence-corrected chi connectivity index (χ3v) is 3.06. The van der Waals surface area contributed by atoms with Gasteiger partial charge in [0.2, 0.25) is 5.91 Å². The second-order valence-corrected chi connectivity index (χ2v) is 4.47. The summed E-state index contributed by atoms with van der Waals surface area (Å²) < 4.78 is 5.28. The SMILES string of the molecule is Cl.O=C(Cc1ccccc1)NCCN1CCOCC1. The van der Waals surface area contributed by atoms with Crippen molar-refractivity contribution in [2.45, 2.75) is 6.42 Å². The fourth-order valence-electron chi connectivity index (χ4n) is 2.02. The van der Waals surface area contributed by atoms with Gasteiger partial charge >= 0.3 is 0 Å². The molecule has 1 saturated heterocycles. The molecule has 1 heterocycles. The molecule has 0 spiro atoms. The monoisotopic (exact) mass is 284 g/mol. The summed E-state index contributed by atoms with van der Waals surface area (Å²) in [6.07, 6.45) is 0.462. The van der Waals surface area contributed by atoms with E-state index in [1.807, 2.05) is 30.3 Å². The van der Waals surface area contributed by atoms with Crippen LogP contribution in [-0.4, -0.2) is 50.2 Å². The highest BCUT2D eigenvalue weighted by molar-refractivity contribution is 5.85. The van der Waals surface area contributed by atoms with Crippen LogP contribution in [0, 0.1) is 0 Å². The summed E-state index contributed by atoms with van der Waals surface area (Å²) >= 11 is 0. The minimum absolute atomic E-state index is 0. The van der Waals surface area contributed by atoms with Gasteiger partial charge in [0.15, 0.2) is 0 Å². The second kappa shape index (κ2) is 8.91. The van der Waals surface area contributed by atoms with Crippen LogP contribution in [0.2, 0.25) is 0 Å². The van der Waals surface area contributed by atoms with E-state index in [1.165, 1.54) is 0 Å². The summed E-state index contributed by atoms with van der Waals surface area (Å²) in [7, 11) is 0. The molecule has 1 N–H and O–H groups in total. The zero-order valence-electron chi connectivity index (χ0n) is 11.0. The molecule has 4 nitrogen and oxygen atoms in total. The fourth-order valence-corrected chi connectivity index (χ4v) is 2.02. The van der Waals surface area contributed by atoms with E-state index in [1.54, 1.807) is 0 Å². The van der Waals surface area contributed by atoms with Crippen molar-refractivity contribution in [1.29, 1.82) is 0 Å². The Labute approximate surface area is 120 Å². The summed E-state index contributed by atoms with van der Waals surface area (Å²) in [6.45, 7) is 5.16. The number of hydrogen-bond acceptors (Lipinski definition) is 3. The zero-order valence-corrected chi connectivity index (χ0v) is 11.8. The molecular weight excluding hydrogens is 264 g/mol. The molecule has 106 valence electrons. The molecule has 1 aromatic carbocycles. The number of ether oxygens (including phenoxy) is 1. The molecule has 0 unspecified atom stereocenters. The third kappa shape index (κ3) is 6.05. The normalized spacial score (nSPS) is 15.6. The van der Waals surface area contributed by atoms with Crippen molar-refractivity contribution in [1.82, 2.24) is 10.2 Å². The smallest absolute Gasteiger partial charge is 0.224 e. The van der Waals surface area contributed by atoms with Gasteiger partial charge in [-0.25, -0.2) is 0 Å². The van der Waals surface area contributed by atoms with Crippen LogP contribution in [-0.2, 0) is 16.0 Å². The van der Waals surface area contributed by atoms with E-state index in [4.69, 9.17) is 4.74 Å². The molecule has 1 aliphatic heterocycles. The number of nitrogens with one attached hydrogen (secondary N) is 1. The van der Waals surface area contributed by atoms with Gasteiger partial charge in [0.25, 0.3) is 0 Å². The average molecular weight is 285 g/mol. The first-order valence-corrected chi connectivity index (χ1v) is 6.45. The number of benzene rings is 1. The molecule has 0 aromatic heterocycles. The highest BCUT2D eigenvalue weighted by Crippen LogP contribution is 1.99. The van der Waals surface area contributed by atoms with Crippen molar-refractivity contribution < 1.29 is 9.53 Å². The molecule has 19 heavy (non-hydrogen) atoms. The first-order chi connectivity index (χ1) is 8.84. The van der Waals surface area contributed by atoms with E-state index in [2.05, 4.69) is 10.2 Å². The number of morpholine rings is 1. The quantitative estimate of drug-likeness (QED) is 0.880. The first kappa shape index (κ1) is 16.0. The van der Waals surface area contributed by atoms with Gasteiger partial charge in [0.05, 0.1) is 19.6 Å². The lowest BCUT2D eigenvalue weighted by atomic mass is 10.1. The zero-order chi connectivity index (χ0) is 12.6. The topological polar surface area (TPSA) is 41.6 Å². The summed E-state index contributed by atoms with van der Waals surface area (Å²) in [5.41, 5.74) is 1.06. The number of nitrogens with zero attached hydrogens (tertiary/aromatic N) is 1. The molecule has 1 aliphatic rings. The lowest BCUT2D eigenvalue weighted by molar-refractivity contribution is -0.120. The van der Waals surface area contributed by atoms with Gasteiger partial charge in [-0.3, -0.25) is 9.69 Å². The minimum Gasteiger partial charge on any atom is -0.379 e. The van der Waals surface area contributed by atoms with E-state index in [0.717, 1.165) is 38.4 Å². The maximum absolute atomic E-state index is 11.7. The van der Waals surface area contributed by atoms with Crippen LogP contribution in [0.5, 0.6) is 0 Å². The van der Waals surface area contributed by atoms with Crippen LogP contribution in [0.15, 0.2) is 30.3 Å². The van der Waals surface area contributed by atoms with Gasteiger partial charge in [0.1, 0.15) is 0 Å². The van der Waals surface area contributed by atoms with Crippen LogP contribution in [0.1, 0.15) is 5.56 Å². The van der Waals surface area contributed by atoms with Crippen molar-refractivity contribution in [2.75, 3.05) is 39.4 Å². The largest absolute Gasteiger partial charge is 0.379 e. The molecule has 2 rings (SSSR count). The summed E-state index contributed by atoms with van der Waals surface area (Å²) in [5.74, 6) is 0.0921. The van der Waals surface area contributed by atoms with Crippen LogP contribution in [0.3, 0.4) is 0 Å². The summed E-state index contributed by atoms with van der Waals surface area (Å²) in [4.78, 5) is 14.0. The van der Waals surface area contributed by atoms with Crippen molar-refractivity contribution >= 4 is 18.3 Å². The minimum atomic E-state index is 0. The van der Waals surface area contributed by atoms with Gasteiger partial charge < -0.3 is 10.1 Å². The first-order valence-electron chi connectivity index (χ1n) is 6.45. The van der Waals surface area contributed by atoms with Gasteiger partial charge in [-0.2, -0.15) is 0 Å². The Bertz CT molecular complexity index is 367. The van der Waals surface area contributed by atoms with Gasteiger partial charge in [0, 0.05) is 26.2 Å². The van der Waals surface area contributed by atoms with Crippen LogP contribution in [0.4, 0.5) is 0 Å². The van der Waals surface area contributed by atoms with Gasteiger partial charge in [-0.05, 0) is 5.56 Å². The second-order valence-electron chi connectivity index (χ2n) is 4.47. The number of carbonyl (C=O) groups excluding carboxylic acids is 1. The third-order valence-electron chi connectivity index (χ3n) is 3.06. The molecule has 5 heteroatoms. The molecule has 0 radical (unpaired) electrons. The van der Waals surface area contributed by atoms with E-state index in [9.17, 15) is 4.79 Å². The van der Waals surface area contributed by atoms with Crippen molar-refractivity contribution in [2.24, 2.45) is 0 Å². The summed E-state index contributed by atoms with van der Waals surface area (Å²) in [6, 6.07) is 9.82. The Morgan fingerprint density at radius 3 is 2.58 bits per heavy atom. The molecule has 0 bridgehead atoms. The highest BCUT2D eigenvalue weighted by Gasteiger charge is 2.10. The standard InChI is InChI=1S/C14H20N2O2.ClH/c17-14(12-13-4-2-1-3-5-13)15-6-7-16-8-10-18-11-9-16;/h1-5H,6-12H2,(H,15,17);1H. The van der Waals surface area contributed by atoms with E-state index in [0.29, 0.717) is 13.0 Å². The van der Waals surface area contributed by atoms with Crippen molar-refractivity contribution in [3.8, 4) is 0 Å². The molecule has 1 amide bonds. The Balaban J connectivity index is 0.00000180. The number of carbonyl (C=O) groups is 1. The maximum Gasteiger partial charge on any atom is 0.224 e. The van der Waals surface area contributed by atoms with Crippen LogP contribution < -0.4 is 5.32 Å². The van der Waals surface area contributed by atoms with E-state index >= 15 is 0 Å². The maximum atomic E-state index is 11.7. The number of halogens is 1. The molecule has 0 atom stereocenters. The lowest BCUT2D eigenvalue weighted by Gasteiger charge is -2.26. The number of rotatable bonds is 5. The fraction of sp³-hybridized carbons (Fsp3) is 0.500. The van der Waals surface area contributed by atoms with Gasteiger partial charge in [-0.1, -0.05) is 30.3 Å². The Hall–Kier alpha value is -1.10. The Morgan fingerprint density at radius 1 is 1.21 bits per heavy atom. The molecule has 1 fully saturated rings. The number of hydrogen-bond donors (Lipinski definition) is 1. The van der Waals surface area contributed by atoms with Crippen molar-refractivity contribution in [3.63, 3.8) is 0 Å². The lowest BCUT2D eigenvalue weighted by Crippen LogP contribution is -2.41. The molecule has 0 aliphatic carbocycles. The van der Waals surface area contributed by atoms with E-state index < -0.39 is 0 Å². The van der Waals surface area contributed by atoms with Crippen molar-refractivity contribution in [3.05, 3.63) is 35.9 Å². The predicted octanol–water partition coefficient (Wildman–Crippen LogP) is 1.10. The van der Waals surface area contributed by atoms with E-state index in [-0.39, 0.29) is 18.3 Å². The molecule has 1 aromatic rings.